The number of hydrogen-bond acceptors (Lipinski definition) is 3. The molecule has 0 radical (unpaired) electrons. The molecule has 1 amide bonds. The van der Waals surface area contributed by atoms with Gasteiger partial charge in [0.25, 0.3) is 0 Å². The Hall–Kier alpha value is -0.610. The fourth-order valence-electron chi connectivity index (χ4n) is 2.39. The van der Waals surface area contributed by atoms with E-state index in [9.17, 15) is 4.79 Å². The van der Waals surface area contributed by atoms with Crippen molar-refractivity contribution in [2.75, 3.05) is 26.3 Å². The highest BCUT2D eigenvalue weighted by Crippen LogP contribution is 2.15. The van der Waals surface area contributed by atoms with Crippen LogP contribution in [0.25, 0.3) is 0 Å². The second-order valence-electron chi connectivity index (χ2n) is 5.82. The summed E-state index contributed by atoms with van der Waals surface area (Å²) >= 11 is 0. The molecule has 0 aromatic heterocycles. The molecule has 1 fully saturated rings. The molecule has 1 aliphatic heterocycles. The van der Waals surface area contributed by atoms with E-state index in [2.05, 4.69) is 31.0 Å². The van der Waals surface area contributed by atoms with Crippen LogP contribution in [0, 0.1) is 11.8 Å². The second kappa shape index (κ2) is 7.10. The van der Waals surface area contributed by atoms with E-state index < -0.39 is 0 Å². The van der Waals surface area contributed by atoms with Crippen LogP contribution in [-0.2, 0) is 9.53 Å². The van der Waals surface area contributed by atoms with Crippen molar-refractivity contribution in [1.82, 2.24) is 10.2 Å². The summed E-state index contributed by atoms with van der Waals surface area (Å²) in [6.07, 6.45) is 0. The Labute approximate surface area is 111 Å². The first kappa shape index (κ1) is 15.4. The molecule has 0 aliphatic carbocycles. The largest absolute Gasteiger partial charge is 0.379 e. The van der Waals surface area contributed by atoms with Gasteiger partial charge in [0, 0.05) is 31.1 Å². The molecule has 1 N–H and O–H groups in total. The monoisotopic (exact) mass is 256 g/mol. The zero-order valence-electron chi connectivity index (χ0n) is 12.4. The van der Waals surface area contributed by atoms with Gasteiger partial charge in [0.15, 0.2) is 0 Å². The summed E-state index contributed by atoms with van der Waals surface area (Å²) in [5, 5.41) is 3.19. The van der Waals surface area contributed by atoms with Crippen LogP contribution in [0.15, 0.2) is 0 Å². The van der Waals surface area contributed by atoms with Crippen LogP contribution >= 0.6 is 0 Å². The van der Waals surface area contributed by atoms with Crippen molar-refractivity contribution in [1.29, 1.82) is 0 Å². The van der Waals surface area contributed by atoms with E-state index in [0.717, 1.165) is 26.3 Å². The molecular formula is C14H28N2O2. The van der Waals surface area contributed by atoms with E-state index in [4.69, 9.17) is 4.74 Å². The van der Waals surface area contributed by atoms with Crippen LogP contribution in [-0.4, -0.2) is 49.2 Å². The van der Waals surface area contributed by atoms with Gasteiger partial charge < -0.3 is 10.1 Å². The molecule has 0 spiro atoms. The molecule has 18 heavy (non-hydrogen) atoms. The molecule has 0 saturated carbocycles. The first-order valence-corrected chi connectivity index (χ1v) is 7.05. The lowest BCUT2D eigenvalue weighted by molar-refractivity contribution is -0.125. The highest BCUT2D eigenvalue weighted by Gasteiger charge is 2.28. The Balaban J connectivity index is 2.62. The van der Waals surface area contributed by atoms with Gasteiger partial charge >= 0.3 is 0 Å². The predicted molar refractivity (Wildman–Crippen MR) is 73.5 cm³/mol. The molecule has 0 aromatic rings. The molecular weight excluding hydrogens is 228 g/mol. The van der Waals surface area contributed by atoms with Crippen LogP contribution in [0.3, 0.4) is 0 Å². The average molecular weight is 256 g/mol. The summed E-state index contributed by atoms with van der Waals surface area (Å²) < 4.78 is 5.38. The number of carbonyl (C=O) groups is 1. The number of rotatable bonds is 5. The summed E-state index contributed by atoms with van der Waals surface area (Å²) in [6, 6.07) is 0.564. The quantitative estimate of drug-likeness (QED) is 0.810. The number of ether oxygens (including phenoxy) is 1. The van der Waals surface area contributed by atoms with Crippen molar-refractivity contribution in [2.24, 2.45) is 11.8 Å². The van der Waals surface area contributed by atoms with E-state index in [1.807, 2.05) is 13.8 Å². The Kier molecular flexibility index (Phi) is 6.09. The lowest BCUT2D eigenvalue weighted by Gasteiger charge is -2.39. The number of hydrogen-bond donors (Lipinski definition) is 1. The third kappa shape index (κ3) is 4.25. The SMILES string of the molecule is CC(C)C(=O)N[C@H](C(C)C)[C@@H](C)N1CCOCC1. The second-order valence-corrected chi connectivity index (χ2v) is 5.82. The maximum atomic E-state index is 11.9. The summed E-state index contributed by atoms with van der Waals surface area (Å²) in [4.78, 5) is 14.3. The van der Waals surface area contributed by atoms with Gasteiger partial charge in [-0.05, 0) is 12.8 Å². The van der Waals surface area contributed by atoms with Crippen molar-refractivity contribution in [3.63, 3.8) is 0 Å². The van der Waals surface area contributed by atoms with Gasteiger partial charge in [-0.2, -0.15) is 0 Å². The highest BCUT2D eigenvalue weighted by atomic mass is 16.5. The third-order valence-electron chi connectivity index (χ3n) is 3.69. The molecule has 106 valence electrons. The van der Waals surface area contributed by atoms with Crippen LogP contribution in [0.2, 0.25) is 0 Å². The topological polar surface area (TPSA) is 41.6 Å². The molecule has 1 saturated heterocycles. The van der Waals surface area contributed by atoms with Crippen LogP contribution < -0.4 is 5.32 Å². The molecule has 0 bridgehead atoms. The third-order valence-corrected chi connectivity index (χ3v) is 3.69. The maximum absolute atomic E-state index is 11.9. The maximum Gasteiger partial charge on any atom is 0.222 e. The van der Waals surface area contributed by atoms with Gasteiger partial charge in [-0.1, -0.05) is 27.7 Å². The molecule has 2 atom stereocenters. The Morgan fingerprint density at radius 2 is 1.67 bits per heavy atom. The number of amides is 1. The normalized spacial score (nSPS) is 21.1. The Morgan fingerprint density at radius 1 is 1.11 bits per heavy atom. The number of nitrogens with zero attached hydrogens (tertiary/aromatic N) is 1. The highest BCUT2D eigenvalue weighted by molar-refractivity contribution is 5.78. The minimum Gasteiger partial charge on any atom is -0.379 e. The lowest BCUT2D eigenvalue weighted by atomic mass is 9.95. The predicted octanol–water partition coefficient (Wildman–Crippen LogP) is 1.50. The van der Waals surface area contributed by atoms with Gasteiger partial charge in [-0.25, -0.2) is 0 Å². The standard InChI is InChI=1S/C14H28N2O2/c1-10(2)13(15-14(17)11(3)4)12(5)16-6-8-18-9-7-16/h10-13H,6-9H2,1-5H3,(H,15,17)/t12-,13-/m1/s1. The summed E-state index contributed by atoms with van der Waals surface area (Å²) in [5.41, 5.74) is 0. The molecule has 1 aliphatic rings. The summed E-state index contributed by atoms with van der Waals surface area (Å²) in [7, 11) is 0. The van der Waals surface area contributed by atoms with Gasteiger partial charge in [-0.15, -0.1) is 0 Å². The summed E-state index contributed by atoms with van der Waals surface area (Å²) in [6.45, 7) is 13.9. The van der Waals surface area contributed by atoms with Gasteiger partial charge in [0.2, 0.25) is 5.91 Å². The minimum atomic E-state index is 0.0446. The number of carbonyl (C=O) groups excluding carboxylic acids is 1. The summed E-state index contributed by atoms with van der Waals surface area (Å²) in [5.74, 6) is 0.627. The smallest absolute Gasteiger partial charge is 0.222 e. The van der Waals surface area contributed by atoms with Crippen molar-refractivity contribution >= 4 is 5.91 Å². The molecule has 0 unspecified atom stereocenters. The van der Waals surface area contributed by atoms with Crippen molar-refractivity contribution in [3.8, 4) is 0 Å². The van der Waals surface area contributed by atoms with Gasteiger partial charge in [-0.3, -0.25) is 9.69 Å². The number of nitrogens with one attached hydrogen (secondary N) is 1. The van der Waals surface area contributed by atoms with Crippen molar-refractivity contribution in [3.05, 3.63) is 0 Å². The van der Waals surface area contributed by atoms with Crippen molar-refractivity contribution in [2.45, 2.75) is 46.7 Å². The Bertz CT molecular complexity index is 261. The first-order chi connectivity index (χ1) is 8.43. The molecule has 1 rings (SSSR count). The zero-order valence-corrected chi connectivity index (χ0v) is 12.4. The van der Waals surface area contributed by atoms with Crippen molar-refractivity contribution < 1.29 is 9.53 Å². The van der Waals surface area contributed by atoms with E-state index in [1.54, 1.807) is 0 Å². The van der Waals surface area contributed by atoms with E-state index in [1.165, 1.54) is 0 Å². The van der Waals surface area contributed by atoms with Crippen LogP contribution in [0.5, 0.6) is 0 Å². The number of morpholine rings is 1. The Morgan fingerprint density at radius 3 is 2.11 bits per heavy atom. The zero-order chi connectivity index (χ0) is 13.7. The fourth-order valence-corrected chi connectivity index (χ4v) is 2.39. The minimum absolute atomic E-state index is 0.0446. The molecule has 4 heteroatoms. The van der Waals surface area contributed by atoms with Gasteiger partial charge in [0.1, 0.15) is 0 Å². The molecule has 4 nitrogen and oxygen atoms in total. The fraction of sp³-hybridized carbons (Fsp3) is 0.929. The molecule has 0 aromatic carbocycles. The average Bonchev–Trinajstić information content (AvgIpc) is 2.35. The van der Waals surface area contributed by atoms with E-state index in [0.29, 0.717) is 12.0 Å². The van der Waals surface area contributed by atoms with E-state index in [-0.39, 0.29) is 17.9 Å². The first-order valence-electron chi connectivity index (χ1n) is 7.05. The molecule has 1 heterocycles. The van der Waals surface area contributed by atoms with Gasteiger partial charge in [0.05, 0.1) is 13.2 Å². The van der Waals surface area contributed by atoms with E-state index >= 15 is 0 Å². The van der Waals surface area contributed by atoms with Crippen LogP contribution in [0.4, 0.5) is 0 Å². The lowest BCUT2D eigenvalue weighted by Crippen LogP contribution is -2.55. The van der Waals surface area contributed by atoms with Crippen LogP contribution in [0.1, 0.15) is 34.6 Å².